The number of fused-ring (bicyclic) bond motifs is 1. The van der Waals surface area contributed by atoms with Gasteiger partial charge in [0.25, 0.3) is 11.8 Å². The van der Waals surface area contributed by atoms with E-state index in [4.69, 9.17) is 0 Å². The number of hydrogen-bond acceptors (Lipinski definition) is 3. The van der Waals surface area contributed by atoms with E-state index in [0.29, 0.717) is 5.69 Å². The molecular weight excluding hydrogens is 228 g/mol. The van der Waals surface area contributed by atoms with Crippen LogP contribution in [0.4, 0.5) is 5.69 Å². The molecule has 1 aliphatic rings. The molecule has 4 nitrogen and oxygen atoms in total. The molecular formula is C14H10N2O2. The van der Waals surface area contributed by atoms with Crippen LogP contribution in [-0.4, -0.2) is 16.8 Å². The maximum absolute atomic E-state index is 11.7. The van der Waals surface area contributed by atoms with Crippen molar-refractivity contribution in [2.45, 2.75) is 6.92 Å². The number of hydrogen-bond donors (Lipinski definition) is 0. The highest BCUT2D eigenvalue weighted by Crippen LogP contribution is 2.28. The lowest BCUT2D eigenvalue weighted by molar-refractivity contribution is -0.119. The Balaban J connectivity index is 2.29. The van der Waals surface area contributed by atoms with Crippen molar-refractivity contribution in [1.82, 2.24) is 4.98 Å². The van der Waals surface area contributed by atoms with Crippen LogP contribution < -0.4 is 4.90 Å². The van der Waals surface area contributed by atoms with Gasteiger partial charge < -0.3 is 0 Å². The van der Waals surface area contributed by atoms with E-state index in [-0.39, 0.29) is 11.8 Å². The van der Waals surface area contributed by atoms with Gasteiger partial charge in [-0.25, -0.2) is 4.90 Å². The summed E-state index contributed by atoms with van der Waals surface area (Å²) in [6, 6.07) is 9.22. The molecule has 0 N–H and O–H groups in total. The Morgan fingerprint density at radius 1 is 1.06 bits per heavy atom. The summed E-state index contributed by atoms with van der Waals surface area (Å²) in [4.78, 5) is 29.0. The van der Waals surface area contributed by atoms with E-state index in [1.807, 2.05) is 31.2 Å². The quantitative estimate of drug-likeness (QED) is 0.714. The first-order valence-electron chi connectivity index (χ1n) is 5.59. The Hall–Kier alpha value is -2.49. The Labute approximate surface area is 104 Å². The first kappa shape index (κ1) is 10.7. The predicted octanol–water partition coefficient (Wildman–Crippen LogP) is 1.97. The van der Waals surface area contributed by atoms with Crippen LogP contribution in [0, 0.1) is 6.92 Å². The number of pyridine rings is 1. The Morgan fingerprint density at radius 3 is 2.44 bits per heavy atom. The number of nitrogens with zero attached hydrogens (tertiary/aromatic N) is 2. The second-order valence-corrected chi connectivity index (χ2v) is 4.15. The van der Waals surface area contributed by atoms with Crippen LogP contribution in [0.1, 0.15) is 5.69 Å². The Bertz CT molecular complexity index is 686. The maximum atomic E-state index is 11.7. The number of benzene rings is 1. The molecule has 2 heterocycles. The van der Waals surface area contributed by atoms with E-state index in [1.54, 1.807) is 6.07 Å². The van der Waals surface area contributed by atoms with Crippen LogP contribution in [-0.2, 0) is 9.59 Å². The maximum Gasteiger partial charge on any atom is 0.258 e. The summed E-state index contributed by atoms with van der Waals surface area (Å²) in [6.07, 6.45) is 2.57. The molecule has 0 saturated carbocycles. The van der Waals surface area contributed by atoms with Gasteiger partial charge >= 0.3 is 0 Å². The summed E-state index contributed by atoms with van der Waals surface area (Å²) in [7, 11) is 0. The van der Waals surface area contributed by atoms with Gasteiger partial charge in [-0.1, -0.05) is 18.2 Å². The number of carbonyl (C=O) groups is 2. The van der Waals surface area contributed by atoms with Crippen molar-refractivity contribution in [3.05, 3.63) is 48.2 Å². The van der Waals surface area contributed by atoms with Crippen LogP contribution in [0.25, 0.3) is 10.9 Å². The fourth-order valence-corrected chi connectivity index (χ4v) is 2.11. The highest BCUT2D eigenvalue weighted by Gasteiger charge is 2.26. The molecule has 0 aliphatic carbocycles. The molecule has 0 spiro atoms. The zero-order chi connectivity index (χ0) is 12.7. The first-order chi connectivity index (χ1) is 8.66. The third-order valence-corrected chi connectivity index (χ3v) is 2.87. The lowest BCUT2D eigenvalue weighted by atomic mass is 10.1. The second-order valence-electron chi connectivity index (χ2n) is 4.15. The minimum Gasteiger partial charge on any atom is -0.269 e. The highest BCUT2D eigenvalue weighted by molar-refractivity contribution is 6.30. The third kappa shape index (κ3) is 1.50. The summed E-state index contributed by atoms with van der Waals surface area (Å²) in [5, 5.41) is 0.800. The fraction of sp³-hybridized carbons (Fsp3) is 0.0714. The molecule has 0 saturated heterocycles. The number of para-hydroxylation sites is 1. The molecule has 18 heavy (non-hydrogen) atoms. The summed E-state index contributed by atoms with van der Waals surface area (Å²) < 4.78 is 0. The minimum atomic E-state index is -0.309. The van der Waals surface area contributed by atoms with Gasteiger partial charge in [0.1, 0.15) is 0 Å². The molecule has 0 unspecified atom stereocenters. The summed E-state index contributed by atoms with van der Waals surface area (Å²) in [6.45, 7) is 1.84. The lowest BCUT2D eigenvalue weighted by Crippen LogP contribution is -2.29. The number of aryl methyl sites for hydroxylation is 1. The van der Waals surface area contributed by atoms with Crippen LogP contribution in [0.15, 0.2) is 42.5 Å². The van der Waals surface area contributed by atoms with E-state index in [9.17, 15) is 9.59 Å². The van der Waals surface area contributed by atoms with Gasteiger partial charge in [-0.3, -0.25) is 14.6 Å². The van der Waals surface area contributed by atoms with Crippen molar-refractivity contribution < 1.29 is 9.59 Å². The average molecular weight is 238 g/mol. The van der Waals surface area contributed by atoms with Crippen LogP contribution in [0.2, 0.25) is 0 Å². The normalized spacial score (nSPS) is 14.8. The van der Waals surface area contributed by atoms with Gasteiger partial charge in [-0.15, -0.1) is 0 Å². The number of anilines is 1. The molecule has 2 aromatic rings. The smallest absolute Gasteiger partial charge is 0.258 e. The molecule has 3 rings (SSSR count). The monoisotopic (exact) mass is 238 g/mol. The third-order valence-electron chi connectivity index (χ3n) is 2.87. The van der Waals surface area contributed by atoms with E-state index in [2.05, 4.69) is 4.98 Å². The van der Waals surface area contributed by atoms with Gasteiger partial charge in [0.15, 0.2) is 0 Å². The topological polar surface area (TPSA) is 50.3 Å². The second kappa shape index (κ2) is 3.77. The fourth-order valence-electron chi connectivity index (χ4n) is 2.11. The zero-order valence-corrected chi connectivity index (χ0v) is 9.75. The lowest BCUT2D eigenvalue weighted by Gasteiger charge is -2.16. The molecule has 1 aromatic carbocycles. The molecule has 4 heteroatoms. The van der Waals surface area contributed by atoms with E-state index in [0.717, 1.165) is 16.6 Å². The van der Waals surface area contributed by atoms with E-state index < -0.39 is 0 Å². The van der Waals surface area contributed by atoms with Gasteiger partial charge in [-0.2, -0.15) is 0 Å². The van der Waals surface area contributed by atoms with Crippen LogP contribution >= 0.6 is 0 Å². The molecule has 2 amide bonds. The highest BCUT2D eigenvalue weighted by atomic mass is 16.2. The van der Waals surface area contributed by atoms with Gasteiger partial charge in [-0.05, 0) is 19.1 Å². The molecule has 0 radical (unpaired) electrons. The molecule has 0 bridgehead atoms. The van der Waals surface area contributed by atoms with Crippen molar-refractivity contribution in [3.63, 3.8) is 0 Å². The minimum absolute atomic E-state index is 0.309. The number of amides is 2. The van der Waals surface area contributed by atoms with Gasteiger partial charge in [0.2, 0.25) is 0 Å². The van der Waals surface area contributed by atoms with E-state index in [1.165, 1.54) is 17.1 Å². The molecule has 0 fully saturated rings. The molecule has 1 aliphatic heterocycles. The Morgan fingerprint density at radius 2 is 1.72 bits per heavy atom. The number of carbonyl (C=O) groups excluding carboxylic acids is 2. The molecule has 88 valence electrons. The van der Waals surface area contributed by atoms with Crippen molar-refractivity contribution in [1.29, 1.82) is 0 Å². The largest absolute Gasteiger partial charge is 0.269 e. The first-order valence-corrected chi connectivity index (χ1v) is 5.59. The van der Waals surface area contributed by atoms with Crippen molar-refractivity contribution in [2.75, 3.05) is 4.90 Å². The van der Waals surface area contributed by atoms with Gasteiger partial charge in [0, 0.05) is 23.2 Å². The van der Waals surface area contributed by atoms with E-state index >= 15 is 0 Å². The SMILES string of the molecule is Cc1cc(N2C(=O)C=CC2=O)c2ccccc2n1. The summed E-state index contributed by atoms with van der Waals surface area (Å²) in [5.41, 5.74) is 2.15. The zero-order valence-electron chi connectivity index (χ0n) is 9.75. The average Bonchev–Trinajstić information content (AvgIpc) is 2.68. The standard InChI is InChI=1S/C14H10N2O2/c1-9-8-12(16-13(17)6-7-14(16)18)10-4-2-3-5-11(10)15-9/h2-8H,1H3. The van der Waals surface area contributed by atoms with Crippen molar-refractivity contribution in [3.8, 4) is 0 Å². The number of aromatic nitrogens is 1. The molecule has 0 atom stereocenters. The summed E-state index contributed by atoms with van der Waals surface area (Å²) >= 11 is 0. The van der Waals surface area contributed by atoms with Gasteiger partial charge in [0.05, 0.1) is 11.2 Å². The number of rotatable bonds is 1. The number of imide groups is 1. The van der Waals surface area contributed by atoms with Crippen molar-refractivity contribution in [2.24, 2.45) is 0 Å². The van der Waals surface area contributed by atoms with Crippen LogP contribution in [0.3, 0.4) is 0 Å². The molecule has 1 aromatic heterocycles. The Kier molecular flexibility index (Phi) is 2.23. The van der Waals surface area contributed by atoms with Crippen molar-refractivity contribution >= 4 is 28.4 Å². The predicted molar refractivity (Wildman–Crippen MR) is 68.1 cm³/mol. The van der Waals surface area contributed by atoms with Crippen LogP contribution in [0.5, 0.6) is 0 Å². The summed E-state index contributed by atoms with van der Waals surface area (Å²) in [5.74, 6) is -0.619.